The number of rotatable bonds is 14. The van der Waals surface area contributed by atoms with Gasteiger partial charge in [-0.05, 0) is 26.8 Å². The molecule has 0 aromatic rings. The Bertz CT molecular complexity index is 323. The Balaban J connectivity index is 4.12. The molecule has 0 N–H and O–H groups in total. The van der Waals surface area contributed by atoms with Gasteiger partial charge in [-0.25, -0.2) is 0 Å². The number of methoxy groups -OCH3 is 1. The van der Waals surface area contributed by atoms with Crippen molar-refractivity contribution < 1.29 is 14.2 Å². The van der Waals surface area contributed by atoms with Crippen LogP contribution in [0, 0.1) is 0 Å². The Hall–Kier alpha value is -0.140. The second-order valence-electron chi connectivity index (χ2n) is 5.41. The average molecular weight is 350 g/mol. The van der Waals surface area contributed by atoms with Gasteiger partial charge in [0.1, 0.15) is 0 Å². The summed E-state index contributed by atoms with van der Waals surface area (Å²) in [5.74, 6) is 0. The third-order valence-electron chi connectivity index (χ3n) is 3.00. The zero-order valence-electron chi connectivity index (χ0n) is 14.3. The highest BCUT2D eigenvalue weighted by Crippen LogP contribution is 2.29. The highest BCUT2D eigenvalue weighted by molar-refractivity contribution is 8.69. The summed E-state index contributed by atoms with van der Waals surface area (Å²) in [5.41, 5.74) is 1.12. The minimum Gasteiger partial charge on any atom is -0.382 e. The first-order valence-electron chi connectivity index (χ1n) is 7.51. The minimum absolute atomic E-state index is 0.0592. The van der Waals surface area contributed by atoms with Crippen molar-refractivity contribution in [3.05, 3.63) is 24.4 Å². The molecule has 0 amide bonds. The van der Waals surface area contributed by atoms with Gasteiger partial charge in [0.25, 0.3) is 0 Å². The Morgan fingerprint density at radius 3 is 2.27 bits per heavy atom. The first-order valence-corrected chi connectivity index (χ1v) is 9.38. The van der Waals surface area contributed by atoms with E-state index in [2.05, 4.69) is 43.1 Å². The molecule has 0 saturated heterocycles. The van der Waals surface area contributed by atoms with E-state index >= 15 is 0 Å². The van der Waals surface area contributed by atoms with Gasteiger partial charge in [0.2, 0.25) is 0 Å². The van der Waals surface area contributed by atoms with Gasteiger partial charge in [-0.3, -0.25) is 0 Å². The lowest BCUT2D eigenvalue weighted by Gasteiger charge is -2.33. The van der Waals surface area contributed by atoms with Crippen LogP contribution in [0.15, 0.2) is 24.4 Å². The lowest BCUT2D eigenvalue weighted by atomic mass is 10.1. The monoisotopic (exact) mass is 349 g/mol. The van der Waals surface area contributed by atoms with E-state index in [9.17, 15) is 0 Å². The van der Waals surface area contributed by atoms with Crippen LogP contribution in [0.5, 0.6) is 0 Å². The molecule has 4 nitrogen and oxygen atoms in total. The fraction of sp³-hybridized carbons (Fsp3) is 0.750. The maximum absolute atomic E-state index is 5.64. The van der Waals surface area contributed by atoms with Crippen LogP contribution in [0.2, 0.25) is 0 Å². The molecule has 0 radical (unpaired) electrons. The van der Waals surface area contributed by atoms with E-state index in [1.54, 1.807) is 17.9 Å². The first-order chi connectivity index (χ1) is 10.5. The van der Waals surface area contributed by atoms with Crippen LogP contribution in [0.25, 0.3) is 0 Å². The molecule has 0 fully saturated rings. The standard InChI is InChI=1S/C16H31NO3S2/c1-6-15(7-2)17(14-16(3,4)22-21)8-9-19-12-13-20-11-10-18-5/h6-7,21H,1,8-14H2,2-5H3/b15-7+. The van der Waals surface area contributed by atoms with Crippen LogP contribution in [-0.4, -0.2) is 62.9 Å². The normalized spacial score (nSPS) is 12.5. The Kier molecular flexibility index (Phi) is 13.2. The lowest BCUT2D eigenvalue weighted by molar-refractivity contribution is 0.0211. The molecule has 0 atom stereocenters. The van der Waals surface area contributed by atoms with Crippen LogP contribution < -0.4 is 0 Å². The molecule has 22 heavy (non-hydrogen) atoms. The molecule has 0 aliphatic heterocycles. The van der Waals surface area contributed by atoms with E-state index in [0.29, 0.717) is 33.0 Å². The van der Waals surface area contributed by atoms with E-state index in [1.165, 1.54) is 0 Å². The number of hydrogen-bond donors (Lipinski definition) is 1. The van der Waals surface area contributed by atoms with Crippen molar-refractivity contribution >= 4 is 22.5 Å². The molecule has 0 aliphatic carbocycles. The van der Waals surface area contributed by atoms with Crippen LogP contribution in [0.4, 0.5) is 0 Å². The van der Waals surface area contributed by atoms with Gasteiger partial charge in [-0.15, -0.1) is 11.7 Å². The van der Waals surface area contributed by atoms with Crippen LogP contribution in [0.1, 0.15) is 20.8 Å². The van der Waals surface area contributed by atoms with Crippen molar-refractivity contribution in [3.63, 3.8) is 0 Å². The van der Waals surface area contributed by atoms with Crippen molar-refractivity contribution in [2.24, 2.45) is 0 Å². The summed E-state index contributed by atoms with van der Waals surface area (Å²) in [6.45, 7) is 15.1. The van der Waals surface area contributed by atoms with Gasteiger partial charge in [0.05, 0.1) is 33.0 Å². The molecule has 0 spiro atoms. The highest BCUT2D eigenvalue weighted by Gasteiger charge is 2.21. The molecule has 0 aromatic carbocycles. The summed E-state index contributed by atoms with van der Waals surface area (Å²) in [6, 6.07) is 0. The molecule has 0 unspecified atom stereocenters. The second kappa shape index (κ2) is 13.3. The predicted molar refractivity (Wildman–Crippen MR) is 99.7 cm³/mol. The fourth-order valence-corrected chi connectivity index (χ4v) is 2.24. The van der Waals surface area contributed by atoms with Crippen LogP contribution in [-0.2, 0) is 14.2 Å². The third kappa shape index (κ3) is 10.6. The van der Waals surface area contributed by atoms with Crippen molar-refractivity contribution in [3.8, 4) is 0 Å². The quantitative estimate of drug-likeness (QED) is 0.225. The molecule has 6 heteroatoms. The molecule has 0 aliphatic rings. The maximum atomic E-state index is 5.64. The largest absolute Gasteiger partial charge is 0.382 e. The second-order valence-corrected chi connectivity index (χ2v) is 7.24. The minimum atomic E-state index is 0.0592. The zero-order chi connectivity index (χ0) is 16.8. The van der Waals surface area contributed by atoms with Crippen LogP contribution >= 0.6 is 22.5 Å². The summed E-state index contributed by atoms with van der Waals surface area (Å²) < 4.78 is 16.0. The number of nitrogens with zero attached hydrogens (tertiary/aromatic N) is 1. The smallest absolute Gasteiger partial charge is 0.0701 e. The number of allylic oxidation sites excluding steroid dienone is 2. The molecule has 0 heterocycles. The molecule has 0 bridgehead atoms. The number of hydrogen-bond acceptors (Lipinski definition) is 6. The van der Waals surface area contributed by atoms with E-state index in [0.717, 1.165) is 18.8 Å². The molecule has 0 aromatic heterocycles. The predicted octanol–water partition coefficient (Wildman–Crippen LogP) is 3.41. The van der Waals surface area contributed by atoms with E-state index in [-0.39, 0.29) is 4.75 Å². The summed E-state index contributed by atoms with van der Waals surface area (Å²) in [4.78, 5) is 2.28. The van der Waals surface area contributed by atoms with Crippen molar-refractivity contribution in [2.75, 3.05) is 53.2 Å². The molecule has 130 valence electrons. The highest BCUT2D eigenvalue weighted by atomic mass is 33.1. The first kappa shape index (κ1) is 21.9. The Morgan fingerprint density at radius 1 is 1.18 bits per heavy atom. The van der Waals surface area contributed by atoms with Crippen LogP contribution in [0.3, 0.4) is 0 Å². The lowest BCUT2D eigenvalue weighted by Crippen LogP contribution is -2.37. The summed E-state index contributed by atoms with van der Waals surface area (Å²) in [6.07, 6.45) is 3.95. The van der Waals surface area contributed by atoms with Crippen molar-refractivity contribution in [1.82, 2.24) is 4.90 Å². The summed E-state index contributed by atoms with van der Waals surface area (Å²) in [5, 5.41) is 0. The molecular weight excluding hydrogens is 318 g/mol. The van der Waals surface area contributed by atoms with E-state index in [4.69, 9.17) is 14.2 Å². The fourth-order valence-electron chi connectivity index (χ4n) is 1.86. The van der Waals surface area contributed by atoms with Gasteiger partial charge in [-0.2, -0.15) is 0 Å². The SMILES string of the molecule is C=C/C(=C\C)N(CCOCCOCCOC)CC(C)(C)SS. The maximum Gasteiger partial charge on any atom is 0.0701 e. The molecular formula is C16H31NO3S2. The van der Waals surface area contributed by atoms with E-state index < -0.39 is 0 Å². The zero-order valence-corrected chi connectivity index (χ0v) is 16.0. The number of ether oxygens (including phenoxy) is 3. The Labute approximate surface area is 145 Å². The van der Waals surface area contributed by atoms with Gasteiger partial charge in [0, 0.05) is 30.6 Å². The Morgan fingerprint density at radius 2 is 1.77 bits per heavy atom. The third-order valence-corrected chi connectivity index (χ3v) is 5.10. The average Bonchev–Trinajstić information content (AvgIpc) is 2.50. The van der Waals surface area contributed by atoms with Crippen molar-refractivity contribution in [1.29, 1.82) is 0 Å². The topological polar surface area (TPSA) is 30.9 Å². The number of thiol groups is 1. The van der Waals surface area contributed by atoms with Gasteiger partial charge in [0.15, 0.2) is 0 Å². The molecule has 0 saturated carbocycles. The molecule has 0 rings (SSSR count). The van der Waals surface area contributed by atoms with Gasteiger partial charge < -0.3 is 19.1 Å². The summed E-state index contributed by atoms with van der Waals surface area (Å²) in [7, 11) is 3.23. The van der Waals surface area contributed by atoms with Crippen molar-refractivity contribution in [2.45, 2.75) is 25.5 Å². The van der Waals surface area contributed by atoms with E-state index in [1.807, 2.05) is 13.0 Å². The summed E-state index contributed by atoms with van der Waals surface area (Å²) >= 11 is 4.35. The van der Waals surface area contributed by atoms with Gasteiger partial charge in [-0.1, -0.05) is 23.4 Å². The van der Waals surface area contributed by atoms with Gasteiger partial charge >= 0.3 is 0 Å².